The highest BCUT2D eigenvalue weighted by molar-refractivity contribution is 7.89. The van der Waals surface area contributed by atoms with E-state index < -0.39 is 44.0 Å². The van der Waals surface area contributed by atoms with E-state index in [1.165, 1.54) is 0 Å². The van der Waals surface area contributed by atoms with Crippen molar-refractivity contribution in [1.29, 1.82) is 0 Å². The second-order valence-electron chi connectivity index (χ2n) is 7.32. The third-order valence-electron chi connectivity index (χ3n) is 4.20. The normalized spacial score (nSPS) is 12.5. The molecule has 0 bridgehead atoms. The molecule has 0 spiro atoms. The van der Waals surface area contributed by atoms with Gasteiger partial charge >= 0.3 is 0 Å². The molecule has 2 aromatic carbocycles. The van der Waals surface area contributed by atoms with Gasteiger partial charge in [-0.25, -0.2) is 30.4 Å². The first-order chi connectivity index (χ1) is 13.3. The van der Waals surface area contributed by atoms with Crippen LogP contribution in [-0.2, 0) is 15.4 Å². The molecule has 0 atom stereocenters. The molecule has 0 saturated heterocycles. The van der Waals surface area contributed by atoms with E-state index in [-0.39, 0.29) is 18.6 Å². The Bertz CT molecular complexity index is 990. The topological polar surface area (TPSA) is 46.6 Å². The van der Waals surface area contributed by atoms with Crippen LogP contribution >= 0.6 is 0 Å². The lowest BCUT2D eigenvalue weighted by Crippen LogP contribution is -2.33. The van der Waals surface area contributed by atoms with Gasteiger partial charge in [0.15, 0.2) is 28.2 Å². The number of rotatable bonds is 6. The summed E-state index contributed by atoms with van der Waals surface area (Å²) in [6.07, 6.45) is 0. The van der Waals surface area contributed by atoms with Gasteiger partial charge in [0, 0.05) is 13.6 Å². The number of halogens is 5. The summed E-state index contributed by atoms with van der Waals surface area (Å²) >= 11 is 0. The van der Waals surface area contributed by atoms with Crippen LogP contribution in [0.1, 0.15) is 26.3 Å². The first-order valence-electron chi connectivity index (χ1n) is 8.50. The van der Waals surface area contributed by atoms with Gasteiger partial charge in [-0.2, -0.15) is 4.31 Å². The average Bonchev–Trinajstić information content (AvgIpc) is 2.64. The Balaban J connectivity index is 2.24. The Morgan fingerprint density at radius 1 is 0.897 bits per heavy atom. The zero-order chi connectivity index (χ0) is 22.1. The molecule has 0 heterocycles. The lowest BCUT2D eigenvalue weighted by molar-refractivity contribution is 0.279. The second kappa shape index (κ2) is 8.27. The van der Waals surface area contributed by atoms with E-state index in [1.54, 1.807) is 12.1 Å². The fourth-order valence-electron chi connectivity index (χ4n) is 2.58. The highest BCUT2D eigenvalue weighted by atomic mass is 32.2. The molecule has 0 radical (unpaired) electrons. The van der Waals surface area contributed by atoms with Crippen LogP contribution in [0.25, 0.3) is 0 Å². The van der Waals surface area contributed by atoms with Gasteiger partial charge in [-0.1, -0.05) is 39.0 Å². The van der Waals surface area contributed by atoms with E-state index in [4.69, 9.17) is 4.74 Å². The van der Waals surface area contributed by atoms with Crippen molar-refractivity contribution in [2.24, 2.45) is 0 Å². The van der Waals surface area contributed by atoms with E-state index in [0.29, 0.717) is 10.1 Å². The molecule has 4 nitrogen and oxygen atoms in total. The maximum Gasteiger partial charge on any atom is 0.249 e. The first-order valence-corrected chi connectivity index (χ1v) is 9.94. The predicted molar refractivity (Wildman–Crippen MR) is 96.7 cm³/mol. The molecule has 0 aliphatic carbocycles. The first kappa shape index (κ1) is 23.1. The minimum absolute atomic E-state index is 0.210. The number of nitrogens with zero attached hydrogens (tertiary/aromatic N) is 1. The number of para-hydroxylation sites is 1. The minimum atomic E-state index is -5.00. The summed E-state index contributed by atoms with van der Waals surface area (Å²) in [4.78, 5) is -1.90. The van der Waals surface area contributed by atoms with Gasteiger partial charge in [-0.3, -0.25) is 0 Å². The molecule has 0 aliphatic heterocycles. The lowest BCUT2D eigenvalue weighted by Gasteiger charge is -2.23. The van der Waals surface area contributed by atoms with Gasteiger partial charge in [-0.05, 0) is 17.0 Å². The number of benzene rings is 2. The molecule has 0 N–H and O–H groups in total. The highest BCUT2D eigenvalue weighted by Crippen LogP contribution is 2.31. The molecule has 0 amide bonds. The van der Waals surface area contributed by atoms with Crippen molar-refractivity contribution in [3.63, 3.8) is 0 Å². The van der Waals surface area contributed by atoms with Crippen LogP contribution in [0.3, 0.4) is 0 Å². The van der Waals surface area contributed by atoms with Crippen molar-refractivity contribution in [1.82, 2.24) is 4.31 Å². The van der Waals surface area contributed by atoms with Gasteiger partial charge < -0.3 is 4.74 Å². The van der Waals surface area contributed by atoms with Crippen LogP contribution in [0.4, 0.5) is 22.0 Å². The van der Waals surface area contributed by atoms with Crippen molar-refractivity contribution in [2.75, 3.05) is 20.2 Å². The van der Waals surface area contributed by atoms with Crippen molar-refractivity contribution in [2.45, 2.75) is 31.1 Å². The number of sulfonamides is 1. The second-order valence-corrected chi connectivity index (χ2v) is 9.30. The Kier molecular flexibility index (Phi) is 6.58. The highest BCUT2D eigenvalue weighted by Gasteiger charge is 2.35. The predicted octanol–water partition coefficient (Wildman–Crippen LogP) is 4.38. The monoisotopic (exact) mass is 437 g/mol. The lowest BCUT2D eigenvalue weighted by atomic mass is 9.86. The van der Waals surface area contributed by atoms with E-state index in [0.717, 1.165) is 12.6 Å². The van der Waals surface area contributed by atoms with Crippen molar-refractivity contribution in [3.05, 3.63) is 58.9 Å². The van der Waals surface area contributed by atoms with E-state index >= 15 is 0 Å². The Morgan fingerprint density at radius 2 is 1.38 bits per heavy atom. The third kappa shape index (κ3) is 4.53. The third-order valence-corrected chi connectivity index (χ3v) is 6.07. The molecular weight excluding hydrogens is 417 g/mol. The Hall–Kier alpha value is -2.20. The summed E-state index contributed by atoms with van der Waals surface area (Å²) in [6, 6.07) is 7.05. The van der Waals surface area contributed by atoms with Crippen molar-refractivity contribution < 1.29 is 35.1 Å². The maximum absolute atomic E-state index is 13.9. The zero-order valence-corrected chi connectivity index (χ0v) is 17.0. The summed E-state index contributed by atoms with van der Waals surface area (Å²) in [5.74, 6) is -11.4. The molecule has 0 saturated carbocycles. The van der Waals surface area contributed by atoms with E-state index in [1.807, 2.05) is 32.9 Å². The van der Waals surface area contributed by atoms with E-state index in [2.05, 4.69) is 0 Å². The van der Waals surface area contributed by atoms with Gasteiger partial charge in [0.2, 0.25) is 15.8 Å². The molecule has 2 aromatic rings. The van der Waals surface area contributed by atoms with Crippen LogP contribution in [0.2, 0.25) is 0 Å². The van der Waals surface area contributed by atoms with Crippen LogP contribution in [0.15, 0.2) is 29.2 Å². The molecule has 2 rings (SSSR count). The summed E-state index contributed by atoms with van der Waals surface area (Å²) in [6.45, 7) is 5.26. The molecule has 0 aromatic heterocycles. The summed E-state index contributed by atoms with van der Waals surface area (Å²) in [7, 11) is -4.05. The van der Waals surface area contributed by atoms with Crippen LogP contribution in [-0.4, -0.2) is 32.9 Å². The summed E-state index contributed by atoms with van der Waals surface area (Å²) in [5, 5.41) is 0. The fourth-order valence-corrected chi connectivity index (χ4v) is 3.84. The maximum atomic E-state index is 13.9. The molecule has 160 valence electrons. The van der Waals surface area contributed by atoms with Gasteiger partial charge in [-0.15, -0.1) is 0 Å². The number of ether oxygens (including phenoxy) is 1. The Morgan fingerprint density at radius 3 is 1.90 bits per heavy atom. The van der Waals surface area contributed by atoms with Crippen molar-refractivity contribution in [3.8, 4) is 5.75 Å². The smallest absolute Gasteiger partial charge is 0.249 e. The quantitative estimate of drug-likeness (QED) is 0.383. The van der Waals surface area contributed by atoms with Crippen LogP contribution < -0.4 is 4.74 Å². The van der Waals surface area contributed by atoms with Gasteiger partial charge in [0.25, 0.3) is 0 Å². The standard InChI is InChI=1S/C19H20F5NO3S/c1-19(2,3)11-7-5-6-8-12(11)28-10-9-25(4)29(26,27)18-16(23)14(21)13(20)15(22)17(18)24/h5-8H,9-10H2,1-4H3. The Labute approximate surface area is 166 Å². The summed E-state index contributed by atoms with van der Waals surface area (Å²) in [5.41, 5.74) is 0.592. The average molecular weight is 437 g/mol. The summed E-state index contributed by atoms with van der Waals surface area (Å²) < 4.78 is 98.5. The molecular formula is C19H20F5NO3S. The molecule has 0 fully saturated rings. The van der Waals surface area contributed by atoms with Crippen LogP contribution in [0, 0.1) is 29.1 Å². The molecule has 0 unspecified atom stereocenters. The number of likely N-dealkylation sites (N-methyl/N-ethyl adjacent to an activating group) is 1. The molecule has 0 aliphatic rings. The minimum Gasteiger partial charge on any atom is -0.492 e. The van der Waals surface area contributed by atoms with Crippen LogP contribution in [0.5, 0.6) is 5.75 Å². The zero-order valence-electron chi connectivity index (χ0n) is 16.2. The largest absolute Gasteiger partial charge is 0.492 e. The molecule has 29 heavy (non-hydrogen) atoms. The number of hydrogen-bond donors (Lipinski definition) is 0. The molecule has 10 heteroatoms. The fraction of sp³-hybridized carbons (Fsp3) is 0.368. The SMILES string of the molecule is CN(CCOc1ccccc1C(C)(C)C)S(=O)(=O)c1c(F)c(F)c(F)c(F)c1F. The van der Waals surface area contributed by atoms with Crippen molar-refractivity contribution >= 4 is 10.0 Å². The van der Waals surface area contributed by atoms with Gasteiger partial charge in [0.05, 0.1) is 0 Å². The van der Waals surface area contributed by atoms with Gasteiger partial charge in [0.1, 0.15) is 12.4 Å². The van der Waals surface area contributed by atoms with E-state index in [9.17, 15) is 30.4 Å². The number of hydrogen-bond acceptors (Lipinski definition) is 3.